The van der Waals surface area contributed by atoms with Gasteiger partial charge in [0.2, 0.25) is 5.91 Å². The second kappa shape index (κ2) is 6.61. The second-order valence-corrected chi connectivity index (χ2v) is 7.12. The highest BCUT2D eigenvalue weighted by molar-refractivity contribution is 5.80. The van der Waals surface area contributed by atoms with Crippen molar-refractivity contribution in [2.45, 2.75) is 37.8 Å². The van der Waals surface area contributed by atoms with Crippen LogP contribution in [0, 0.1) is 0 Å². The topological polar surface area (TPSA) is 44.6 Å². The Bertz CT molecular complexity index is 521. The van der Waals surface area contributed by atoms with Gasteiger partial charge < -0.3 is 9.80 Å². The molecule has 2 fully saturated rings. The Hall–Kier alpha value is -1.40. The normalized spacial score (nSPS) is 24.0. The van der Waals surface area contributed by atoms with Gasteiger partial charge in [-0.05, 0) is 39.4 Å². The zero-order chi connectivity index (χ0) is 16.4. The van der Waals surface area contributed by atoms with E-state index in [0.29, 0.717) is 0 Å². The largest absolute Gasteiger partial charge is 0.341 e. The molecule has 2 saturated heterocycles. The Morgan fingerprint density at radius 2 is 1.96 bits per heavy atom. The van der Waals surface area contributed by atoms with Crippen LogP contribution >= 0.6 is 0 Å². The first-order chi connectivity index (χ1) is 11.1. The highest BCUT2D eigenvalue weighted by atomic mass is 16.2. The Kier molecular flexibility index (Phi) is 4.73. The fourth-order valence-electron chi connectivity index (χ4n) is 4.09. The summed E-state index contributed by atoms with van der Waals surface area (Å²) in [5.41, 5.74) is 0.247. The Balaban J connectivity index is 1.65. The summed E-state index contributed by atoms with van der Waals surface area (Å²) in [6.45, 7) is 7.14. The molecule has 0 N–H and O–H groups in total. The van der Waals surface area contributed by atoms with Crippen molar-refractivity contribution in [3.63, 3.8) is 0 Å². The van der Waals surface area contributed by atoms with E-state index >= 15 is 0 Å². The number of likely N-dealkylation sites (N-methyl/N-ethyl adjacent to an activating group) is 2. The Labute approximate surface area is 139 Å². The average molecular weight is 319 g/mol. The number of hydrogen-bond donors (Lipinski definition) is 0. The molecule has 23 heavy (non-hydrogen) atoms. The SMILES string of the molecule is CC[C@H](C(=O)N1CCC2(CC1)CN(C)CCN2C)n1cccn1. The average Bonchev–Trinajstić information content (AvgIpc) is 3.07. The van der Waals surface area contributed by atoms with Crippen molar-refractivity contribution in [1.29, 1.82) is 0 Å². The molecule has 6 heteroatoms. The van der Waals surface area contributed by atoms with Crippen LogP contribution in [0.1, 0.15) is 32.2 Å². The highest BCUT2D eigenvalue weighted by Crippen LogP contribution is 2.32. The van der Waals surface area contributed by atoms with Crippen molar-refractivity contribution in [3.8, 4) is 0 Å². The maximum absolute atomic E-state index is 12.9. The van der Waals surface area contributed by atoms with Gasteiger partial charge in [0.05, 0.1) is 0 Å². The number of carbonyl (C=O) groups is 1. The molecule has 3 heterocycles. The minimum absolute atomic E-state index is 0.161. The summed E-state index contributed by atoms with van der Waals surface area (Å²) in [5, 5.41) is 4.26. The standard InChI is InChI=1S/C17H29N5O/c1-4-15(22-9-5-8-18-22)16(23)21-10-6-17(7-11-21)14-19(2)12-13-20(17)3/h5,8-9,15H,4,6-7,10-14H2,1-3H3/t15-/m1/s1. The van der Waals surface area contributed by atoms with Crippen LogP contribution in [0.25, 0.3) is 0 Å². The molecule has 1 atom stereocenters. The zero-order valence-electron chi connectivity index (χ0n) is 14.6. The number of hydrogen-bond acceptors (Lipinski definition) is 4. The van der Waals surface area contributed by atoms with Gasteiger partial charge in [0.25, 0.3) is 0 Å². The predicted molar refractivity (Wildman–Crippen MR) is 90.2 cm³/mol. The molecule has 0 unspecified atom stereocenters. The minimum atomic E-state index is -0.161. The molecule has 128 valence electrons. The molecule has 2 aliphatic heterocycles. The molecule has 0 aliphatic carbocycles. The summed E-state index contributed by atoms with van der Waals surface area (Å²) in [7, 11) is 4.44. The van der Waals surface area contributed by atoms with Gasteiger partial charge in [0, 0.05) is 50.7 Å². The van der Waals surface area contributed by atoms with E-state index in [9.17, 15) is 4.79 Å². The van der Waals surface area contributed by atoms with E-state index in [1.807, 2.05) is 17.2 Å². The third-order valence-electron chi connectivity index (χ3n) is 5.71. The fourth-order valence-corrected chi connectivity index (χ4v) is 4.09. The summed E-state index contributed by atoms with van der Waals surface area (Å²) in [4.78, 5) is 19.9. The van der Waals surface area contributed by atoms with Crippen molar-refractivity contribution in [2.24, 2.45) is 0 Å². The zero-order valence-corrected chi connectivity index (χ0v) is 14.6. The van der Waals surface area contributed by atoms with Crippen molar-refractivity contribution in [2.75, 3.05) is 46.8 Å². The van der Waals surface area contributed by atoms with Crippen LogP contribution in [0.3, 0.4) is 0 Å². The Morgan fingerprint density at radius 1 is 1.22 bits per heavy atom. The van der Waals surface area contributed by atoms with Crippen LogP contribution in [-0.2, 0) is 4.79 Å². The molecule has 1 amide bonds. The summed E-state index contributed by atoms with van der Waals surface area (Å²) in [6, 6.07) is 1.72. The van der Waals surface area contributed by atoms with Crippen molar-refractivity contribution in [1.82, 2.24) is 24.5 Å². The lowest BCUT2D eigenvalue weighted by Gasteiger charge is -2.52. The van der Waals surface area contributed by atoms with E-state index in [2.05, 4.69) is 35.9 Å². The van der Waals surface area contributed by atoms with Gasteiger partial charge >= 0.3 is 0 Å². The molecular weight excluding hydrogens is 290 g/mol. The van der Waals surface area contributed by atoms with Gasteiger partial charge in [0.15, 0.2) is 0 Å². The first-order valence-corrected chi connectivity index (χ1v) is 8.73. The fraction of sp³-hybridized carbons (Fsp3) is 0.765. The molecule has 1 aromatic rings. The van der Waals surface area contributed by atoms with Crippen molar-refractivity contribution in [3.05, 3.63) is 18.5 Å². The van der Waals surface area contributed by atoms with E-state index in [1.54, 1.807) is 10.9 Å². The van der Waals surface area contributed by atoms with Crippen LogP contribution in [0.2, 0.25) is 0 Å². The number of piperazine rings is 1. The lowest BCUT2D eigenvalue weighted by Crippen LogP contribution is -2.64. The lowest BCUT2D eigenvalue weighted by atomic mass is 9.83. The van der Waals surface area contributed by atoms with E-state index in [4.69, 9.17) is 0 Å². The molecule has 0 bridgehead atoms. The molecule has 1 spiro atoms. The molecule has 0 aromatic carbocycles. The number of nitrogens with zero attached hydrogens (tertiary/aromatic N) is 5. The van der Waals surface area contributed by atoms with Crippen molar-refractivity contribution >= 4 is 5.91 Å². The number of piperidine rings is 1. The number of likely N-dealkylation sites (tertiary alicyclic amines) is 1. The molecule has 0 saturated carbocycles. The summed E-state index contributed by atoms with van der Waals surface area (Å²) < 4.78 is 1.80. The van der Waals surface area contributed by atoms with Crippen molar-refractivity contribution < 1.29 is 4.79 Å². The van der Waals surface area contributed by atoms with Crippen LogP contribution in [0.5, 0.6) is 0 Å². The second-order valence-electron chi connectivity index (χ2n) is 7.12. The van der Waals surface area contributed by atoms with Crippen LogP contribution in [-0.4, -0.2) is 82.7 Å². The van der Waals surface area contributed by atoms with Gasteiger partial charge in [-0.15, -0.1) is 0 Å². The first kappa shape index (κ1) is 16.5. The summed E-state index contributed by atoms with van der Waals surface area (Å²) in [6.07, 6.45) is 6.55. The van der Waals surface area contributed by atoms with Gasteiger partial charge in [-0.3, -0.25) is 14.4 Å². The molecule has 2 aliphatic rings. The molecular formula is C17H29N5O. The van der Waals surface area contributed by atoms with Crippen LogP contribution < -0.4 is 0 Å². The maximum atomic E-state index is 12.9. The van der Waals surface area contributed by atoms with E-state index < -0.39 is 0 Å². The van der Waals surface area contributed by atoms with Gasteiger partial charge in [-0.25, -0.2) is 0 Å². The van der Waals surface area contributed by atoms with Gasteiger partial charge in [0.1, 0.15) is 6.04 Å². The number of aromatic nitrogens is 2. The molecule has 6 nitrogen and oxygen atoms in total. The van der Waals surface area contributed by atoms with Gasteiger partial charge in [-0.2, -0.15) is 5.10 Å². The third-order valence-corrected chi connectivity index (χ3v) is 5.71. The summed E-state index contributed by atoms with van der Waals surface area (Å²) in [5.74, 6) is 0.220. The summed E-state index contributed by atoms with van der Waals surface area (Å²) >= 11 is 0. The number of amides is 1. The Morgan fingerprint density at radius 3 is 2.57 bits per heavy atom. The minimum Gasteiger partial charge on any atom is -0.341 e. The number of rotatable bonds is 3. The predicted octanol–water partition coefficient (Wildman–Crippen LogP) is 1.07. The number of carbonyl (C=O) groups excluding carboxylic acids is 1. The van der Waals surface area contributed by atoms with E-state index in [-0.39, 0.29) is 17.5 Å². The molecule has 1 aromatic heterocycles. The lowest BCUT2D eigenvalue weighted by molar-refractivity contribution is -0.138. The van der Waals surface area contributed by atoms with E-state index in [1.165, 1.54) is 0 Å². The van der Waals surface area contributed by atoms with Crippen LogP contribution in [0.4, 0.5) is 0 Å². The first-order valence-electron chi connectivity index (χ1n) is 8.73. The van der Waals surface area contributed by atoms with Gasteiger partial charge in [-0.1, -0.05) is 6.92 Å². The monoisotopic (exact) mass is 319 g/mol. The molecule has 3 rings (SSSR count). The third kappa shape index (κ3) is 3.15. The quantitative estimate of drug-likeness (QED) is 0.836. The highest BCUT2D eigenvalue weighted by Gasteiger charge is 2.42. The maximum Gasteiger partial charge on any atom is 0.247 e. The van der Waals surface area contributed by atoms with Crippen LogP contribution in [0.15, 0.2) is 18.5 Å². The molecule has 0 radical (unpaired) electrons. The smallest absolute Gasteiger partial charge is 0.247 e. The van der Waals surface area contributed by atoms with E-state index in [0.717, 1.165) is 52.0 Å².